The third-order valence-corrected chi connectivity index (χ3v) is 7.06. The Morgan fingerprint density at radius 3 is 2.29 bits per heavy atom. The zero-order chi connectivity index (χ0) is 24.4. The Morgan fingerprint density at radius 1 is 0.886 bits per heavy atom. The minimum absolute atomic E-state index is 0.0129. The molecule has 2 aromatic heterocycles. The molecule has 0 aliphatic rings. The molecule has 0 saturated heterocycles. The summed E-state index contributed by atoms with van der Waals surface area (Å²) in [6.45, 7) is 4.38. The smallest absolute Gasteiger partial charge is 0.262 e. The van der Waals surface area contributed by atoms with Crippen LogP contribution in [0, 0.1) is 13.8 Å². The summed E-state index contributed by atoms with van der Waals surface area (Å²) in [5.41, 5.74) is 5.18. The van der Waals surface area contributed by atoms with E-state index >= 15 is 0 Å². The standard InChI is InChI=1S/C29H25N3O2S/c1-20-17-25(21(2)32(20)23-13-7-4-8-14-23)27(33)19-35-29-30-26-16-10-9-15-24(26)28(34)31(29)18-22-11-5-3-6-12-22/h3-17H,18-19H2,1-2H3. The Hall–Kier alpha value is -3.90. The van der Waals surface area contributed by atoms with E-state index in [0.717, 1.165) is 22.6 Å². The van der Waals surface area contributed by atoms with Crippen molar-refractivity contribution in [2.75, 3.05) is 5.75 Å². The number of aromatic nitrogens is 3. The number of carbonyl (C=O) groups is 1. The molecule has 0 aliphatic heterocycles. The molecule has 0 bridgehead atoms. The maximum Gasteiger partial charge on any atom is 0.262 e. The number of carbonyl (C=O) groups excluding carboxylic acids is 1. The summed E-state index contributed by atoms with van der Waals surface area (Å²) in [5, 5.41) is 1.12. The van der Waals surface area contributed by atoms with Crippen LogP contribution < -0.4 is 5.56 Å². The Kier molecular flexibility index (Phi) is 6.38. The minimum Gasteiger partial charge on any atom is -0.318 e. The minimum atomic E-state index is -0.100. The van der Waals surface area contributed by atoms with Crippen molar-refractivity contribution in [1.82, 2.24) is 14.1 Å². The lowest BCUT2D eigenvalue weighted by atomic mass is 10.2. The van der Waals surface area contributed by atoms with Crippen LogP contribution in [-0.2, 0) is 6.54 Å². The molecule has 0 atom stereocenters. The van der Waals surface area contributed by atoms with E-state index in [4.69, 9.17) is 4.98 Å². The van der Waals surface area contributed by atoms with Crippen molar-refractivity contribution in [3.05, 3.63) is 124 Å². The maximum absolute atomic E-state index is 13.3. The lowest BCUT2D eigenvalue weighted by molar-refractivity contribution is 0.102. The van der Waals surface area contributed by atoms with Gasteiger partial charge in [0.25, 0.3) is 5.56 Å². The Labute approximate surface area is 208 Å². The highest BCUT2D eigenvalue weighted by Gasteiger charge is 2.19. The predicted octanol–water partition coefficient (Wildman–Crippen LogP) is 5.83. The van der Waals surface area contributed by atoms with E-state index < -0.39 is 0 Å². The number of benzene rings is 3. The number of hydrogen-bond acceptors (Lipinski definition) is 4. The molecular formula is C29H25N3O2S. The van der Waals surface area contributed by atoms with Gasteiger partial charge in [-0.15, -0.1) is 0 Å². The van der Waals surface area contributed by atoms with Gasteiger partial charge in [0.2, 0.25) is 0 Å². The Bertz CT molecular complexity index is 1570. The van der Waals surface area contributed by atoms with Gasteiger partial charge in [0.05, 0.1) is 23.2 Å². The third-order valence-electron chi connectivity index (χ3n) is 6.09. The molecule has 0 spiro atoms. The average molecular weight is 480 g/mol. The van der Waals surface area contributed by atoms with E-state index in [9.17, 15) is 9.59 Å². The second-order valence-electron chi connectivity index (χ2n) is 8.46. The summed E-state index contributed by atoms with van der Waals surface area (Å²) < 4.78 is 3.76. The third kappa shape index (κ3) is 4.57. The number of thioether (sulfide) groups is 1. The van der Waals surface area contributed by atoms with E-state index in [-0.39, 0.29) is 17.1 Å². The first-order chi connectivity index (χ1) is 17.0. The highest BCUT2D eigenvalue weighted by atomic mass is 32.2. The highest BCUT2D eigenvalue weighted by molar-refractivity contribution is 7.99. The molecular weight excluding hydrogens is 454 g/mol. The van der Waals surface area contributed by atoms with Crippen LogP contribution in [0.3, 0.4) is 0 Å². The summed E-state index contributed by atoms with van der Waals surface area (Å²) >= 11 is 1.31. The zero-order valence-electron chi connectivity index (χ0n) is 19.6. The molecule has 0 unspecified atom stereocenters. The fraction of sp³-hybridized carbons (Fsp3) is 0.138. The lowest BCUT2D eigenvalue weighted by Crippen LogP contribution is -2.24. The van der Waals surface area contributed by atoms with E-state index in [1.54, 1.807) is 10.6 Å². The van der Waals surface area contributed by atoms with Crippen LogP contribution in [0.1, 0.15) is 27.3 Å². The van der Waals surface area contributed by atoms with Gasteiger partial charge in [0.1, 0.15) is 0 Å². The molecule has 2 heterocycles. The van der Waals surface area contributed by atoms with Crippen molar-refractivity contribution in [2.45, 2.75) is 25.5 Å². The molecule has 0 aliphatic carbocycles. The summed E-state index contributed by atoms with van der Waals surface area (Å²) in [5.74, 6) is 0.206. The van der Waals surface area contributed by atoms with Crippen LogP contribution in [-0.4, -0.2) is 25.7 Å². The summed E-state index contributed by atoms with van der Waals surface area (Å²) in [6.07, 6.45) is 0. The van der Waals surface area contributed by atoms with Gasteiger partial charge >= 0.3 is 0 Å². The van der Waals surface area contributed by atoms with Crippen LogP contribution in [0.25, 0.3) is 16.6 Å². The fourth-order valence-corrected chi connectivity index (χ4v) is 5.27. The first kappa shape index (κ1) is 22.9. The van der Waals surface area contributed by atoms with Crippen molar-refractivity contribution in [2.24, 2.45) is 0 Å². The number of rotatable bonds is 7. The molecule has 5 aromatic rings. The SMILES string of the molecule is Cc1cc(C(=O)CSc2nc3ccccc3c(=O)n2Cc2ccccc2)c(C)n1-c1ccccc1. The maximum atomic E-state index is 13.3. The second-order valence-corrected chi connectivity index (χ2v) is 9.40. The summed E-state index contributed by atoms with van der Waals surface area (Å²) in [7, 11) is 0. The van der Waals surface area contributed by atoms with Gasteiger partial charge in [0, 0.05) is 22.6 Å². The van der Waals surface area contributed by atoms with Crippen LogP contribution in [0.4, 0.5) is 0 Å². The van der Waals surface area contributed by atoms with E-state index in [0.29, 0.717) is 28.2 Å². The van der Waals surface area contributed by atoms with Gasteiger partial charge in [-0.2, -0.15) is 0 Å². The van der Waals surface area contributed by atoms with Gasteiger partial charge in [-0.3, -0.25) is 14.2 Å². The molecule has 0 saturated carbocycles. The molecule has 35 heavy (non-hydrogen) atoms. The van der Waals surface area contributed by atoms with Crippen LogP contribution >= 0.6 is 11.8 Å². The lowest BCUT2D eigenvalue weighted by Gasteiger charge is -2.13. The van der Waals surface area contributed by atoms with Gasteiger partial charge in [-0.25, -0.2) is 4.98 Å². The molecule has 5 rings (SSSR count). The first-order valence-electron chi connectivity index (χ1n) is 11.5. The average Bonchev–Trinajstić information content (AvgIpc) is 3.19. The molecule has 5 nitrogen and oxygen atoms in total. The Balaban J connectivity index is 1.47. The number of nitrogens with zero attached hydrogens (tertiary/aromatic N) is 3. The predicted molar refractivity (Wildman–Crippen MR) is 142 cm³/mol. The number of hydrogen-bond donors (Lipinski definition) is 0. The normalized spacial score (nSPS) is 11.1. The van der Waals surface area contributed by atoms with Gasteiger partial charge in [-0.1, -0.05) is 72.4 Å². The first-order valence-corrected chi connectivity index (χ1v) is 12.5. The topological polar surface area (TPSA) is 56.9 Å². The molecule has 6 heteroatoms. The quantitative estimate of drug-likeness (QED) is 0.167. The summed E-state index contributed by atoms with van der Waals surface area (Å²) in [6, 6.07) is 29.1. The van der Waals surface area contributed by atoms with Crippen molar-refractivity contribution < 1.29 is 4.79 Å². The largest absolute Gasteiger partial charge is 0.318 e. The van der Waals surface area contributed by atoms with E-state index in [1.165, 1.54) is 11.8 Å². The van der Waals surface area contributed by atoms with Gasteiger partial charge < -0.3 is 4.57 Å². The number of para-hydroxylation sites is 2. The molecule has 0 fully saturated rings. The van der Waals surface area contributed by atoms with Crippen molar-refractivity contribution >= 4 is 28.4 Å². The second kappa shape index (κ2) is 9.76. The molecule has 0 radical (unpaired) electrons. The monoisotopic (exact) mass is 479 g/mol. The fourth-order valence-electron chi connectivity index (χ4n) is 4.39. The van der Waals surface area contributed by atoms with Crippen LogP contribution in [0.5, 0.6) is 0 Å². The van der Waals surface area contributed by atoms with Crippen LogP contribution in [0.2, 0.25) is 0 Å². The zero-order valence-corrected chi connectivity index (χ0v) is 20.5. The summed E-state index contributed by atoms with van der Waals surface area (Å²) in [4.78, 5) is 31.4. The molecule has 3 aromatic carbocycles. The van der Waals surface area contributed by atoms with Crippen molar-refractivity contribution in [3.8, 4) is 5.69 Å². The van der Waals surface area contributed by atoms with Gasteiger partial charge in [0.15, 0.2) is 10.9 Å². The molecule has 0 N–H and O–H groups in total. The van der Waals surface area contributed by atoms with Crippen LogP contribution in [0.15, 0.2) is 101 Å². The number of aryl methyl sites for hydroxylation is 1. The van der Waals surface area contributed by atoms with E-state index in [1.807, 2.05) is 98.8 Å². The van der Waals surface area contributed by atoms with E-state index in [2.05, 4.69) is 4.57 Å². The Morgan fingerprint density at radius 2 is 1.54 bits per heavy atom. The van der Waals surface area contributed by atoms with Gasteiger partial charge in [-0.05, 0) is 49.7 Å². The number of ketones is 1. The van der Waals surface area contributed by atoms with Crippen molar-refractivity contribution in [3.63, 3.8) is 0 Å². The molecule has 174 valence electrons. The highest BCUT2D eigenvalue weighted by Crippen LogP contribution is 2.24. The van der Waals surface area contributed by atoms with Crippen molar-refractivity contribution in [1.29, 1.82) is 0 Å². The molecule has 0 amide bonds. The number of fused-ring (bicyclic) bond motifs is 1. The number of Topliss-reactive ketones (excluding diaryl/α,β-unsaturated/α-hetero) is 1.